The van der Waals surface area contributed by atoms with Crippen LogP contribution < -0.4 is 4.72 Å². The second-order valence-corrected chi connectivity index (χ2v) is 13.0. The lowest BCUT2D eigenvalue weighted by Gasteiger charge is -2.36. The molecule has 2 heterocycles. The van der Waals surface area contributed by atoms with Gasteiger partial charge in [0.2, 0.25) is 0 Å². The topological polar surface area (TPSA) is 115 Å². The van der Waals surface area contributed by atoms with Crippen LogP contribution in [0.15, 0.2) is 56.7 Å². The predicted octanol–water partition coefficient (Wildman–Crippen LogP) is 4.74. The monoisotopic (exact) mass is 611 g/mol. The van der Waals surface area contributed by atoms with Gasteiger partial charge in [0.15, 0.2) is 0 Å². The molecule has 0 aliphatic carbocycles. The smallest absolute Gasteiger partial charge is 0.358 e. The molecule has 1 aromatic heterocycles. The first-order valence-corrected chi connectivity index (χ1v) is 14.9. The fourth-order valence-electron chi connectivity index (χ4n) is 4.05. The van der Waals surface area contributed by atoms with E-state index in [1.165, 1.54) is 46.9 Å². The molecule has 1 aliphatic heterocycles. The number of nitrogens with zero attached hydrogens (tertiary/aromatic N) is 3. The highest BCUT2D eigenvalue weighted by Crippen LogP contribution is 2.35. The maximum atomic E-state index is 13.9. The Bertz CT molecular complexity index is 1590. The van der Waals surface area contributed by atoms with E-state index >= 15 is 0 Å². The first-order chi connectivity index (χ1) is 17.8. The Hall–Kier alpha value is -2.52. The van der Waals surface area contributed by atoms with Crippen molar-refractivity contribution in [2.45, 2.75) is 22.9 Å². The van der Waals surface area contributed by atoms with E-state index in [1.54, 1.807) is 6.92 Å². The number of halogens is 5. The molecule has 0 spiro atoms. The van der Waals surface area contributed by atoms with Crippen LogP contribution >= 0.6 is 23.2 Å². The van der Waals surface area contributed by atoms with Crippen molar-refractivity contribution in [2.75, 3.05) is 37.4 Å². The number of aromatic amines is 1. The summed E-state index contributed by atoms with van der Waals surface area (Å²) in [7, 11) is -7.35. The van der Waals surface area contributed by atoms with Crippen molar-refractivity contribution < 1.29 is 30.6 Å². The minimum atomic E-state index is -4.99. The Morgan fingerprint density at radius 3 is 2.18 bits per heavy atom. The van der Waals surface area contributed by atoms with Gasteiger partial charge in [-0.05, 0) is 43.3 Å². The molecule has 1 atom stereocenters. The van der Waals surface area contributed by atoms with Gasteiger partial charge in [-0.1, -0.05) is 23.2 Å². The highest BCUT2D eigenvalue weighted by molar-refractivity contribution is 7.93. The first kappa shape index (κ1) is 28.5. The fraction of sp³-hybridized carbons (Fsp3) is 0.318. The lowest BCUT2D eigenvalue weighted by molar-refractivity contribution is -0.186. The highest BCUT2D eigenvalue weighted by Gasteiger charge is 2.43. The fourth-order valence-corrected chi connectivity index (χ4v) is 7.79. The number of piperazine rings is 1. The van der Waals surface area contributed by atoms with Crippen molar-refractivity contribution in [3.8, 4) is 0 Å². The summed E-state index contributed by atoms with van der Waals surface area (Å²) in [5.74, 6) is -1.95. The van der Waals surface area contributed by atoms with Crippen LogP contribution in [0.3, 0.4) is 0 Å². The van der Waals surface area contributed by atoms with Crippen molar-refractivity contribution >= 4 is 65.6 Å². The van der Waals surface area contributed by atoms with Gasteiger partial charge in [0.05, 0.1) is 31.0 Å². The minimum absolute atomic E-state index is 0.100. The standard InChI is InChI=1S/C22H22Cl2F3N5O4S2/c1-2-29-37(34,32-11-9-31(10-12-32)21(33)22(25,26)27)14-3-5-15(6-4-14)38(35,36)30-18-8-7-16(23)19-17(24)13-28-20(18)19/h3-8,13,28,30H,2,9-12H2,1H3. The van der Waals surface area contributed by atoms with E-state index < -0.39 is 32.0 Å². The summed E-state index contributed by atoms with van der Waals surface area (Å²) in [6, 6.07) is 8.23. The van der Waals surface area contributed by atoms with Gasteiger partial charge in [0.25, 0.3) is 10.0 Å². The van der Waals surface area contributed by atoms with Gasteiger partial charge in [-0.3, -0.25) is 9.52 Å². The third kappa shape index (κ3) is 5.45. The Morgan fingerprint density at radius 1 is 1.00 bits per heavy atom. The Balaban J connectivity index is 1.57. The number of hydrogen-bond donors (Lipinski definition) is 2. The molecule has 1 aliphatic rings. The van der Waals surface area contributed by atoms with Gasteiger partial charge in [0.1, 0.15) is 9.92 Å². The zero-order valence-corrected chi connectivity index (χ0v) is 22.9. The molecule has 16 heteroatoms. The van der Waals surface area contributed by atoms with Crippen LogP contribution in [0.2, 0.25) is 10.0 Å². The van der Waals surface area contributed by atoms with Crippen molar-refractivity contribution in [3.63, 3.8) is 0 Å². The van der Waals surface area contributed by atoms with Gasteiger partial charge >= 0.3 is 12.1 Å². The zero-order chi connectivity index (χ0) is 27.9. The zero-order valence-electron chi connectivity index (χ0n) is 19.8. The lowest BCUT2D eigenvalue weighted by atomic mass is 10.2. The van der Waals surface area contributed by atoms with E-state index in [0.717, 1.165) is 0 Å². The van der Waals surface area contributed by atoms with Crippen LogP contribution in [0, 0.1) is 0 Å². The molecule has 3 aromatic rings. The van der Waals surface area contributed by atoms with Crippen molar-refractivity contribution in [1.82, 2.24) is 14.2 Å². The summed E-state index contributed by atoms with van der Waals surface area (Å²) in [4.78, 5) is 15.1. The number of benzene rings is 2. The molecule has 1 unspecified atom stereocenters. The Labute approximate surface area is 227 Å². The SMILES string of the molecule is CCN=S(=O)(c1ccc(S(=O)(=O)Nc2ccc(Cl)c3c(Cl)c[nH]c23)cc1)N1CCN(C(=O)C(F)(F)F)CC1. The molecule has 1 fully saturated rings. The largest absolute Gasteiger partial charge is 0.471 e. The van der Waals surface area contributed by atoms with E-state index in [2.05, 4.69) is 14.1 Å². The van der Waals surface area contributed by atoms with Crippen molar-refractivity contribution in [1.29, 1.82) is 0 Å². The number of H-pyrrole nitrogens is 1. The van der Waals surface area contributed by atoms with Crippen LogP contribution in [0.1, 0.15) is 6.92 Å². The number of nitrogens with one attached hydrogen (secondary N) is 2. The predicted molar refractivity (Wildman–Crippen MR) is 139 cm³/mol. The second-order valence-electron chi connectivity index (χ2n) is 8.22. The Kier molecular flexibility index (Phi) is 7.92. The molecule has 38 heavy (non-hydrogen) atoms. The van der Waals surface area contributed by atoms with Gasteiger partial charge < -0.3 is 9.88 Å². The number of fused-ring (bicyclic) bond motifs is 1. The molecule has 9 nitrogen and oxygen atoms in total. The summed E-state index contributed by atoms with van der Waals surface area (Å²) < 4.78 is 86.5. The van der Waals surface area contributed by atoms with Crippen molar-refractivity contribution in [2.24, 2.45) is 4.36 Å². The van der Waals surface area contributed by atoms with Crippen LogP contribution in [-0.4, -0.2) is 71.6 Å². The molecule has 0 saturated carbocycles. The first-order valence-electron chi connectivity index (χ1n) is 11.2. The number of sulfonamides is 1. The molecule has 1 amide bonds. The lowest BCUT2D eigenvalue weighted by Crippen LogP contribution is -2.53. The molecule has 1 saturated heterocycles. The van der Waals surface area contributed by atoms with Gasteiger partial charge in [-0.15, -0.1) is 0 Å². The summed E-state index contributed by atoms with van der Waals surface area (Å²) in [6.45, 7) is 1.06. The summed E-state index contributed by atoms with van der Waals surface area (Å²) >= 11 is 12.3. The molecule has 0 bridgehead atoms. The molecule has 2 N–H and O–H groups in total. The van der Waals surface area contributed by atoms with E-state index in [-0.39, 0.29) is 48.2 Å². The van der Waals surface area contributed by atoms with Crippen LogP contribution in [0.25, 0.3) is 10.9 Å². The van der Waals surface area contributed by atoms with E-state index in [9.17, 15) is 30.6 Å². The van der Waals surface area contributed by atoms with E-state index in [4.69, 9.17) is 23.2 Å². The molecule has 0 radical (unpaired) electrons. The number of anilines is 1. The summed E-state index contributed by atoms with van der Waals surface area (Å²) in [6.07, 6.45) is -3.50. The minimum Gasteiger partial charge on any atom is -0.358 e. The van der Waals surface area contributed by atoms with Crippen LogP contribution in [-0.2, 0) is 24.7 Å². The summed E-state index contributed by atoms with van der Waals surface area (Å²) in [5.41, 5.74) is 0.618. The molecule has 4 rings (SSSR count). The number of rotatable bonds is 6. The van der Waals surface area contributed by atoms with Gasteiger partial charge in [-0.2, -0.15) is 13.2 Å². The van der Waals surface area contributed by atoms with Crippen LogP contribution in [0.5, 0.6) is 0 Å². The number of carbonyl (C=O) groups excluding carboxylic acids is 1. The number of amides is 1. The average molecular weight is 612 g/mol. The highest BCUT2D eigenvalue weighted by atomic mass is 35.5. The van der Waals surface area contributed by atoms with Gasteiger partial charge in [-0.25, -0.2) is 21.3 Å². The van der Waals surface area contributed by atoms with E-state index in [0.29, 0.717) is 25.8 Å². The third-order valence-corrected chi connectivity index (χ3v) is 10.4. The summed E-state index contributed by atoms with van der Waals surface area (Å²) in [5, 5.41) is 1.13. The Morgan fingerprint density at radius 2 is 1.61 bits per heavy atom. The molecular weight excluding hydrogens is 590 g/mol. The molecule has 206 valence electrons. The normalized spacial score (nSPS) is 16.8. The van der Waals surface area contributed by atoms with Crippen molar-refractivity contribution in [3.05, 3.63) is 52.6 Å². The average Bonchev–Trinajstić information content (AvgIpc) is 3.27. The number of aromatic nitrogens is 1. The maximum Gasteiger partial charge on any atom is 0.471 e. The quantitative estimate of drug-likeness (QED) is 0.419. The molecular formula is C22H22Cl2F3N5O4S2. The molecule has 2 aromatic carbocycles. The number of alkyl halides is 3. The second kappa shape index (κ2) is 10.6. The number of carbonyl (C=O) groups is 1. The maximum absolute atomic E-state index is 13.9. The van der Waals surface area contributed by atoms with Gasteiger partial charge in [0, 0.05) is 44.3 Å². The van der Waals surface area contributed by atoms with Crippen LogP contribution in [0.4, 0.5) is 18.9 Å². The third-order valence-electron chi connectivity index (χ3n) is 5.84. The number of hydrogen-bond acceptors (Lipinski definition) is 5. The van der Waals surface area contributed by atoms with E-state index in [1.807, 2.05) is 0 Å².